The molecule has 0 aliphatic heterocycles. The smallest absolute Gasteiger partial charge is 0.286 e. The van der Waals surface area contributed by atoms with E-state index in [0.717, 1.165) is 37.9 Å². The van der Waals surface area contributed by atoms with E-state index in [2.05, 4.69) is 60.3 Å². The second-order valence-electron chi connectivity index (χ2n) is 9.10. The van der Waals surface area contributed by atoms with Gasteiger partial charge < -0.3 is 9.51 Å². The summed E-state index contributed by atoms with van der Waals surface area (Å²) in [6.45, 7) is 2.86. The summed E-state index contributed by atoms with van der Waals surface area (Å²) in [4.78, 5) is 25.5. The van der Waals surface area contributed by atoms with Gasteiger partial charge >= 0.3 is 0 Å². The monoisotopic (exact) mass is 536 g/mol. The van der Waals surface area contributed by atoms with Crippen LogP contribution in [0.15, 0.2) is 44.4 Å². The van der Waals surface area contributed by atoms with E-state index in [1.807, 2.05) is 22.8 Å². The number of imidazole rings is 1. The van der Waals surface area contributed by atoms with Gasteiger partial charge in [-0.3, -0.25) is 9.36 Å². The Kier molecular flexibility index (Phi) is 5.51. The summed E-state index contributed by atoms with van der Waals surface area (Å²) in [5, 5.41) is 13.0. The molecule has 180 valence electrons. The van der Waals surface area contributed by atoms with Crippen molar-refractivity contribution in [2.24, 2.45) is 0 Å². The van der Waals surface area contributed by atoms with E-state index in [1.165, 1.54) is 5.56 Å². The maximum Gasteiger partial charge on any atom is 0.286 e. The highest BCUT2D eigenvalue weighted by Crippen LogP contribution is 2.52. The molecule has 0 amide bonds. The zero-order chi connectivity index (χ0) is 24.0. The molecule has 1 aliphatic rings. The Morgan fingerprint density at radius 3 is 2.71 bits per heavy atom. The van der Waals surface area contributed by atoms with E-state index >= 15 is 0 Å². The lowest BCUT2D eigenvalue weighted by Gasteiger charge is -2.10. The van der Waals surface area contributed by atoms with Gasteiger partial charge in [0, 0.05) is 19.4 Å². The predicted molar refractivity (Wildman–Crippen MR) is 132 cm³/mol. The van der Waals surface area contributed by atoms with Crippen molar-refractivity contribution in [1.29, 1.82) is 0 Å². The third kappa shape index (κ3) is 3.78. The lowest BCUT2D eigenvalue weighted by atomic mass is 9.95. The summed E-state index contributed by atoms with van der Waals surface area (Å²) in [6, 6.07) is 10.3. The molecule has 11 heteroatoms. The van der Waals surface area contributed by atoms with Crippen molar-refractivity contribution < 1.29 is 4.52 Å². The molecule has 4 aromatic heterocycles. The van der Waals surface area contributed by atoms with Gasteiger partial charge in [-0.1, -0.05) is 55.3 Å². The van der Waals surface area contributed by atoms with Gasteiger partial charge in [0.25, 0.3) is 5.56 Å². The van der Waals surface area contributed by atoms with Crippen LogP contribution in [-0.2, 0) is 24.8 Å². The molecular weight excluding hydrogens is 512 g/mol. The number of rotatable bonds is 9. The van der Waals surface area contributed by atoms with Crippen LogP contribution in [0, 0.1) is 0 Å². The summed E-state index contributed by atoms with van der Waals surface area (Å²) in [5.74, 6) is 2.32. The fourth-order valence-corrected chi connectivity index (χ4v) is 5.12. The summed E-state index contributed by atoms with van der Waals surface area (Å²) in [5.41, 5.74) is 1.87. The number of hydrogen-bond acceptors (Lipinski definition) is 7. The van der Waals surface area contributed by atoms with E-state index in [0.29, 0.717) is 52.8 Å². The van der Waals surface area contributed by atoms with Gasteiger partial charge in [-0.2, -0.15) is 4.98 Å². The maximum absolute atomic E-state index is 13.3. The Bertz CT molecular complexity index is 1560. The molecular formula is C24H25BrN8O2. The van der Waals surface area contributed by atoms with Gasteiger partial charge in [-0.05, 0) is 40.8 Å². The number of aryl methyl sites for hydroxylation is 3. The van der Waals surface area contributed by atoms with Crippen molar-refractivity contribution >= 4 is 32.9 Å². The minimum Gasteiger partial charge on any atom is -0.339 e. The summed E-state index contributed by atoms with van der Waals surface area (Å²) < 4.78 is 9.64. The molecule has 0 unspecified atom stereocenters. The van der Waals surface area contributed by atoms with Crippen LogP contribution in [0.4, 0.5) is 0 Å². The maximum atomic E-state index is 13.3. The number of benzene rings is 1. The fourth-order valence-electron chi connectivity index (χ4n) is 4.76. The van der Waals surface area contributed by atoms with Gasteiger partial charge in [0.2, 0.25) is 11.7 Å². The van der Waals surface area contributed by atoms with Crippen molar-refractivity contribution in [2.45, 2.75) is 63.8 Å². The standard InChI is InChI=1S/C24H25BrN8O2/c1-2-3-7-14-32-19-18(27-22(25)28-19)20(34)33-16(29-30-23(32)33)10-11-17-26-21(31-35-17)24(12-13-24)15-8-5-4-6-9-15/h4-6,8-9H,2-3,7,10-14H2,1H3,(H,27,28). The SMILES string of the molecule is CCCCCn1c2nc(Br)[nH]c2c(=O)n2c(CCc3nc(C4(c5ccccc5)CC4)no3)nnc12. The molecule has 6 rings (SSSR count). The van der Waals surface area contributed by atoms with Gasteiger partial charge in [0.15, 0.2) is 21.7 Å². The van der Waals surface area contributed by atoms with E-state index in [1.54, 1.807) is 4.40 Å². The number of fused-ring (bicyclic) bond motifs is 2. The molecule has 10 nitrogen and oxygen atoms in total. The Morgan fingerprint density at radius 1 is 1.11 bits per heavy atom. The Labute approximate surface area is 208 Å². The highest BCUT2D eigenvalue weighted by atomic mass is 79.9. The van der Waals surface area contributed by atoms with Crippen LogP contribution < -0.4 is 5.56 Å². The van der Waals surface area contributed by atoms with E-state index < -0.39 is 0 Å². The van der Waals surface area contributed by atoms with E-state index in [9.17, 15) is 4.79 Å². The molecule has 0 bridgehead atoms. The second-order valence-corrected chi connectivity index (χ2v) is 9.85. The number of halogens is 1. The first-order valence-corrected chi connectivity index (χ1v) is 12.8. The molecule has 0 saturated heterocycles. The van der Waals surface area contributed by atoms with Gasteiger partial charge in [0.1, 0.15) is 5.82 Å². The molecule has 35 heavy (non-hydrogen) atoms. The van der Waals surface area contributed by atoms with Crippen molar-refractivity contribution in [2.75, 3.05) is 0 Å². The van der Waals surface area contributed by atoms with Gasteiger partial charge in [-0.25, -0.2) is 9.38 Å². The summed E-state index contributed by atoms with van der Waals surface area (Å²) in [6.07, 6.45) is 6.08. The lowest BCUT2D eigenvalue weighted by Crippen LogP contribution is -2.21. The average Bonchev–Trinajstić information content (AvgIpc) is 3.19. The zero-order valence-corrected chi connectivity index (χ0v) is 21.0. The van der Waals surface area contributed by atoms with Crippen LogP contribution in [-0.4, -0.2) is 39.3 Å². The minimum absolute atomic E-state index is 0.142. The third-order valence-electron chi connectivity index (χ3n) is 6.80. The van der Waals surface area contributed by atoms with E-state index in [4.69, 9.17) is 9.51 Å². The highest BCUT2D eigenvalue weighted by Gasteiger charge is 2.49. The predicted octanol–water partition coefficient (Wildman–Crippen LogP) is 3.97. The normalized spacial score (nSPS) is 14.8. The zero-order valence-electron chi connectivity index (χ0n) is 19.4. The number of unbranched alkanes of at least 4 members (excludes halogenated alkanes) is 2. The number of nitrogens with zero attached hydrogens (tertiary/aromatic N) is 7. The first kappa shape index (κ1) is 22.1. The first-order valence-electron chi connectivity index (χ1n) is 12.0. The molecule has 0 spiro atoms. The van der Waals surface area contributed by atoms with E-state index in [-0.39, 0.29) is 11.0 Å². The number of aromatic nitrogens is 8. The van der Waals surface area contributed by atoms with Crippen molar-refractivity contribution in [1.82, 2.24) is 39.3 Å². The van der Waals surface area contributed by atoms with Crippen molar-refractivity contribution in [3.63, 3.8) is 0 Å². The number of H-pyrrole nitrogens is 1. The molecule has 4 heterocycles. The molecule has 5 aromatic rings. The summed E-state index contributed by atoms with van der Waals surface area (Å²) in [7, 11) is 0. The van der Waals surface area contributed by atoms with Crippen LogP contribution in [0.5, 0.6) is 0 Å². The fraction of sp³-hybridized carbons (Fsp3) is 0.417. The molecule has 1 aliphatic carbocycles. The minimum atomic E-state index is -0.216. The van der Waals surface area contributed by atoms with Gasteiger partial charge in [-0.15, -0.1) is 10.2 Å². The van der Waals surface area contributed by atoms with Crippen LogP contribution >= 0.6 is 15.9 Å². The molecule has 1 saturated carbocycles. The topological polar surface area (TPSA) is 120 Å². The number of nitrogens with one attached hydrogen (secondary N) is 1. The highest BCUT2D eigenvalue weighted by molar-refractivity contribution is 9.10. The first-order chi connectivity index (χ1) is 17.1. The second kappa shape index (κ2) is 8.71. The largest absolute Gasteiger partial charge is 0.339 e. The molecule has 0 radical (unpaired) electrons. The van der Waals surface area contributed by atoms with Crippen LogP contribution in [0.2, 0.25) is 0 Å². The average molecular weight is 537 g/mol. The third-order valence-corrected chi connectivity index (χ3v) is 7.18. The molecule has 1 fully saturated rings. The van der Waals surface area contributed by atoms with Crippen molar-refractivity contribution in [3.8, 4) is 0 Å². The lowest BCUT2D eigenvalue weighted by molar-refractivity contribution is 0.369. The van der Waals surface area contributed by atoms with Crippen LogP contribution in [0.3, 0.4) is 0 Å². The Balaban J connectivity index is 1.30. The molecule has 1 aromatic carbocycles. The Morgan fingerprint density at radius 2 is 1.94 bits per heavy atom. The quantitative estimate of drug-likeness (QED) is 0.223. The molecule has 1 N–H and O–H groups in total. The van der Waals surface area contributed by atoms with Crippen LogP contribution in [0.1, 0.15) is 62.1 Å². The summed E-state index contributed by atoms with van der Waals surface area (Å²) >= 11 is 3.36. The van der Waals surface area contributed by atoms with Crippen LogP contribution in [0.25, 0.3) is 16.9 Å². The number of hydrogen-bond donors (Lipinski definition) is 1. The Hall–Kier alpha value is -3.34. The number of aromatic amines is 1. The van der Waals surface area contributed by atoms with Gasteiger partial charge in [0.05, 0.1) is 5.41 Å². The van der Waals surface area contributed by atoms with Crippen molar-refractivity contribution in [3.05, 3.63) is 68.5 Å². The molecule has 0 atom stereocenters.